The van der Waals surface area contributed by atoms with Gasteiger partial charge in [0.05, 0.1) is 9.79 Å². The number of hydrogen-bond acceptors (Lipinski definition) is 6. The predicted octanol–water partition coefficient (Wildman–Crippen LogP) is 8.91. The first-order valence-corrected chi connectivity index (χ1v) is 18.8. The molecule has 240 valence electrons. The van der Waals surface area contributed by atoms with Gasteiger partial charge in [-0.1, -0.05) is 127 Å². The summed E-state index contributed by atoms with van der Waals surface area (Å²) in [6.45, 7) is 4.39. The fourth-order valence-corrected chi connectivity index (χ4v) is 6.73. The van der Waals surface area contributed by atoms with E-state index in [2.05, 4.69) is 13.8 Å². The van der Waals surface area contributed by atoms with Crippen molar-refractivity contribution in [3.8, 4) is 0 Å². The molecule has 0 radical (unpaired) electrons. The topological polar surface area (TPSA) is 114 Å². The molecule has 0 saturated carbocycles. The zero-order valence-electron chi connectivity index (χ0n) is 26.8. The zero-order valence-corrected chi connectivity index (χ0v) is 30.6. The molecule has 4 aromatic rings. The summed E-state index contributed by atoms with van der Waals surface area (Å²) in [4.78, 5) is -0.237. The van der Waals surface area contributed by atoms with Gasteiger partial charge in [0.1, 0.15) is 20.2 Å². The van der Waals surface area contributed by atoms with E-state index in [1.54, 1.807) is 12.1 Å². The van der Waals surface area contributed by atoms with Crippen LogP contribution < -0.4 is 0 Å². The van der Waals surface area contributed by atoms with Gasteiger partial charge in [-0.05, 0) is 82.6 Å². The number of rotatable bonds is 16. The number of hydrogen-bond donors (Lipinski definition) is 0. The summed E-state index contributed by atoms with van der Waals surface area (Å²) in [6, 6.07) is 21.3. The molecule has 0 aliphatic heterocycles. The molecular formula is C36H46CaO6S2. The average molecular weight is 679 g/mol. The summed E-state index contributed by atoms with van der Waals surface area (Å²) in [7, 11) is -8.82. The van der Waals surface area contributed by atoms with Crippen molar-refractivity contribution < 1.29 is 25.9 Å². The van der Waals surface area contributed by atoms with Gasteiger partial charge in [-0.3, -0.25) is 0 Å². The molecule has 4 rings (SSSR count). The first-order valence-electron chi connectivity index (χ1n) is 16.0. The van der Waals surface area contributed by atoms with Crippen molar-refractivity contribution in [2.24, 2.45) is 0 Å². The molecule has 0 saturated heterocycles. The largest absolute Gasteiger partial charge is 2.00 e. The molecule has 0 fully saturated rings. The van der Waals surface area contributed by atoms with Crippen LogP contribution in [0, 0.1) is 0 Å². The van der Waals surface area contributed by atoms with Gasteiger partial charge in [-0.25, -0.2) is 16.8 Å². The minimum absolute atomic E-state index is 0. The minimum atomic E-state index is -4.41. The third kappa shape index (κ3) is 13.3. The second-order valence-corrected chi connectivity index (χ2v) is 14.3. The Hall–Kier alpha value is -1.52. The van der Waals surface area contributed by atoms with E-state index in [1.807, 2.05) is 48.5 Å². The van der Waals surface area contributed by atoms with Crippen molar-refractivity contribution in [2.45, 2.75) is 114 Å². The average Bonchev–Trinajstić information content (AvgIpc) is 2.99. The van der Waals surface area contributed by atoms with Crippen LogP contribution in [-0.4, -0.2) is 63.7 Å². The third-order valence-corrected chi connectivity index (χ3v) is 9.64. The minimum Gasteiger partial charge on any atom is -0.744 e. The van der Waals surface area contributed by atoms with Crippen LogP contribution in [0.4, 0.5) is 0 Å². The Morgan fingerprint density at radius 2 is 0.822 bits per heavy atom. The molecule has 0 N–H and O–H groups in total. The standard InChI is InChI=1S/2C18H24O3S.Ca/c2*1-2-3-4-5-6-7-10-15-13-17(22(19,20)21)14-16-11-8-9-12-18(15)16;/h2*8-9,11-14H,2-7,10H2,1H3,(H,19,20,21);/q;;+2/p-2. The molecule has 6 nitrogen and oxygen atoms in total. The molecule has 0 aliphatic rings. The fraction of sp³-hybridized carbons (Fsp3) is 0.444. The Bertz CT molecular complexity index is 1570. The second kappa shape index (κ2) is 20.0. The predicted molar refractivity (Wildman–Crippen MR) is 184 cm³/mol. The van der Waals surface area contributed by atoms with E-state index in [9.17, 15) is 25.9 Å². The summed E-state index contributed by atoms with van der Waals surface area (Å²) >= 11 is 0. The first-order chi connectivity index (χ1) is 21.0. The first kappa shape index (κ1) is 39.7. The molecule has 45 heavy (non-hydrogen) atoms. The van der Waals surface area contributed by atoms with Crippen LogP contribution in [0.3, 0.4) is 0 Å². The Kier molecular flexibility index (Phi) is 17.6. The van der Waals surface area contributed by atoms with Gasteiger partial charge < -0.3 is 9.11 Å². The maximum Gasteiger partial charge on any atom is 2.00 e. The quantitative estimate of drug-likeness (QED) is 0.0664. The van der Waals surface area contributed by atoms with Crippen LogP contribution in [0.2, 0.25) is 0 Å². The summed E-state index contributed by atoms with van der Waals surface area (Å²) in [5.74, 6) is 0. The van der Waals surface area contributed by atoms with E-state index in [0.717, 1.165) is 71.2 Å². The fourth-order valence-electron chi connectivity index (χ4n) is 5.61. The molecule has 0 amide bonds. The van der Waals surface area contributed by atoms with Crippen LogP contribution in [-0.2, 0) is 33.1 Å². The molecule has 4 aromatic carbocycles. The molecule has 9 heteroatoms. The van der Waals surface area contributed by atoms with Crippen LogP contribution in [0.5, 0.6) is 0 Å². The Balaban J connectivity index is 0.000000307. The van der Waals surface area contributed by atoms with E-state index in [-0.39, 0.29) is 47.5 Å². The molecule has 0 bridgehead atoms. The van der Waals surface area contributed by atoms with Crippen LogP contribution >= 0.6 is 0 Å². The normalized spacial score (nSPS) is 11.6. The number of benzene rings is 4. The van der Waals surface area contributed by atoms with Gasteiger partial charge in [0.25, 0.3) is 0 Å². The van der Waals surface area contributed by atoms with Crippen molar-refractivity contribution in [1.29, 1.82) is 0 Å². The summed E-state index contributed by atoms with van der Waals surface area (Å²) in [5.41, 5.74) is 1.92. The van der Waals surface area contributed by atoms with Crippen molar-refractivity contribution in [3.63, 3.8) is 0 Å². The zero-order chi connectivity index (χ0) is 32.0. The summed E-state index contributed by atoms with van der Waals surface area (Å²) < 4.78 is 67.9. The SMILES string of the molecule is CCCCCCCCc1cc(S(=O)(=O)[O-])cc2ccccc12.CCCCCCCCc1cc(S(=O)(=O)[O-])cc2ccccc12.[Ca+2]. The van der Waals surface area contributed by atoms with E-state index in [4.69, 9.17) is 0 Å². The van der Waals surface area contributed by atoms with Crippen molar-refractivity contribution in [2.75, 3.05) is 0 Å². The molecule has 0 unspecified atom stereocenters. The van der Waals surface area contributed by atoms with Crippen LogP contribution in [0.15, 0.2) is 82.6 Å². The van der Waals surface area contributed by atoms with E-state index >= 15 is 0 Å². The number of aryl methyl sites for hydroxylation is 2. The summed E-state index contributed by atoms with van der Waals surface area (Å²) in [6.07, 6.45) is 15.9. The van der Waals surface area contributed by atoms with Crippen molar-refractivity contribution in [1.82, 2.24) is 0 Å². The van der Waals surface area contributed by atoms with Crippen molar-refractivity contribution >= 4 is 79.5 Å². The Morgan fingerprint density at radius 3 is 1.18 bits per heavy atom. The maximum atomic E-state index is 11.3. The monoisotopic (exact) mass is 678 g/mol. The van der Waals surface area contributed by atoms with E-state index in [0.29, 0.717) is 0 Å². The number of unbranched alkanes of at least 4 members (excludes halogenated alkanes) is 10. The van der Waals surface area contributed by atoms with Gasteiger partial charge in [-0.2, -0.15) is 0 Å². The smallest absolute Gasteiger partial charge is 0.744 e. The van der Waals surface area contributed by atoms with Gasteiger partial charge in [0.2, 0.25) is 0 Å². The Morgan fingerprint density at radius 1 is 0.489 bits per heavy atom. The molecule has 0 aromatic heterocycles. The van der Waals surface area contributed by atoms with Gasteiger partial charge in [0.15, 0.2) is 0 Å². The van der Waals surface area contributed by atoms with Gasteiger partial charge >= 0.3 is 37.7 Å². The van der Waals surface area contributed by atoms with E-state index in [1.165, 1.54) is 63.5 Å². The van der Waals surface area contributed by atoms with Gasteiger partial charge in [-0.15, -0.1) is 0 Å². The molecule has 0 aliphatic carbocycles. The molecular weight excluding hydrogens is 633 g/mol. The van der Waals surface area contributed by atoms with E-state index < -0.39 is 20.2 Å². The van der Waals surface area contributed by atoms with Gasteiger partial charge in [0, 0.05) is 0 Å². The number of fused-ring (bicyclic) bond motifs is 2. The summed E-state index contributed by atoms with van der Waals surface area (Å²) in [5, 5.41) is 3.73. The molecule has 0 spiro atoms. The molecule has 0 heterocycles. The third-order valence-electron chi connectivity index (χ3n) is 8.02. The van der Waals surface area contributed by atoms with Crippen LogP contribution in [0.1, 0.15) is 102 Å². The van der Waals surface area contributed by atoms with Crippen molar-refractivity contribution in [3.05, 3.63) is 83.9 Å². The Labute approximate surface area is 300 Å². The molecule has 0 atom stereocenters. The van der Waals surface area contributed by atoms with Crippen LogP contribution in [0.25, 0.3) is 21.5 Å². The maximum absolute atomic E-state index is 11.3. The second-order valence-electron chi connectivity index (χ2n) is 11.6.